The van der Waals surface area contributed by atoms with Gasteiger partial charge >= 0.3 is 6.03 Å². The van der Waals surface area contributed by atoms with Crippen LogP contribution >= 0.6 is 11.6 Å². The number of hydrogen-bond donors (Lipinski definition) is 1. The largest absolute Gasteiger partial charge is 0.495 e. The van der Waals surface area contributed by atoms with Gasteiger partial charge in [0.2, 0.25) is 0 Å². The first kappa shape index (κ1) is 20.7. The Morgan fingerprint density at radius 1 is 1.21 bits per heavy atom. The minimum Gasteiger partial charge on any atom is -0.495 e. The SMILES string of the molecule is COc1ccccc1NC(=O)N(Cc1nccn1Cc1ccccc1Cl)C(C)C. The van der Waals surface area contributed by atoms with Crippen molar-refractivity contribution in [2.75, 3.05) is 12.4 Å². The quantitative estimate of drug-likeness (QED) is 0.591. The van der Waals surface area contributed by atoms with Crippen LogP contribution in [0.25, 0.3) is 0 Å². The first-order valence-corrected chi connectivity index (χ1v) is 9.81. The molecule has 0 saturated carbocycles. The Bertz CT molecular complexity index is 971. The number of benzene rings is 2. The van der Waals surface area contributed by atoms with Crippen LogP contribution in [0.4, 0.5) is 10.5 Å². The Morgan fingerprint density at radius 2 is 1.93 bits per heavy atom. The maximum atomic E-state index is 13.0. The van der Waals surface area contributed by atoms with Crippen molar-refractivity contribution in [3.05, 3.63) is 77.3 Å². The Hall–Kier alpha value is -2.99. The van der Waals surface area contributed by atoms with Crippen LogP contribution in [0, 0.1) is 0 Å². The highest BCUT2D eigenvalue weighted by Gasteiger charge is 2.21. The van der Waals surface area contributed by atoms with Crippen molar-refractivity contribution in [1.82, 2.24) is 14.5 Å². The van der Waals surface area contributed by atoms with Crippen molar-refractivity contribution in [2.45, 2.75) is 33.0 Å². The zero-order valence-electron chi connectivity index (χ0n) is 16.8. The van der Waals surface area contributed by atoms with E-state index in [1.165, 1.54) is 0 Å². The summed E-state index contributed by atoms with van der Waals surface area (Å²) in [6.45, 7) is 4.91. The molecule has 3 aromatic rings. The molecule has 2 aromatic carbocycles. The van der Waals surface area contributed by atoms with Gasteiger partial charge in [0.25, 0.3) is 0 Å². The van der Waals surface area contributed by atoms with Crippen LogP contribution < -0.4 is 10.1 Å². The van der Waals surface area contributed by atoms with Gasteiger partial charge in [-0.05, 0) is 37.6 Å². The molecule has 0 bridgehead atoms. The predicted octanol–water partition coefficient (Wildman–Crippen LogP) is 5.04. The average Bonchev–Trinajstić information content (AvgIpc) is 3.14. The van der Waals surface area contributed by atoms with Gasteiger partial charge in [-0.1, -0.05) is 41.9 Å². The molecular formula is C22H25ClN4O2. The lowest BCUT2D eigenvalue weighted by atomic mass is 10.2. The summed E-state index contributed by atoms with van der Waals surface area (Å²) in [5.41, 5.74) is 1.63. The fourth-order valence-electron chi connectivity index (χ4n) is 3.02. The maximum absolute atomic E-state index is 13.0. The molecular weight excluding hydrogens is 388 g/mol. The number of methoxy groups -OCH3 is 1. The summed E-state index contributed by atoms with van der Waals surface area (Å²) in [4.78, 5) is 19.2. The van der Waals surface area contributed by atoms with E-state index in [1.807, 2.05) is 73.1 Å². The molecule has 1 aromatic heterocycles. The molecule has 0 saturated heterocycles. The van der Waals surface area contributed by atoms with E-state index < -0.39 is 0 Å². The van der Waals surface area contributed by atoms with E-state index in [2.05, 4.69) is 10.3 Å². The zero-order valence-corrected chi connectivity index (χ0v) is 17.6. The van der Waals surface area contributed by atoms with Gasteiger partial charge in [0.05, 0.1) is 25.9 Å². The minimum atomic E-state index is -0.211. The molecule has 2 amide bonds. The number of nitrogens with zero attached hydrogens (tertiary/aromatic N) is 3. The average molecular weight is 413 g/mol. The van der Waals surface area contributed by atoms with Crippen LogP contribution in [0.15, 0.2) is 60.9 Å². The molecule has 0 spiro atoms. The molecule has 152 valence electrons. The second kappa shape index (κ2) is 9.47. The number of aromatic nitrogens is 2. The van der Waals surface area contributed by atoms with Crippen LogP contribution in [0.2, 0.25) is 5.02 Å². The highest BCUT2D eigenvalue weighted by molar-refractivity contribution is 6.31. The molecule has 0 unspecified atom stereocenters. The van der Waals surface area contributed by atoms with Gasteiger partial charge in [0, 0.05) is 23.5 Å². The number of para-hydroxylation sites is 2. The first-order valence-electron chi connectivity index (χ1n) is 9.43. The number of amides is 2. The van der Waals surface area contributed by atoms with Crippen molar-refractivity contribution < 1.29 is 9.53 Å². The lowest BCUT2D eigenvalue weighted by Gasteiger charge is -2.27. The first-order chi connectivity index (χ1) is 14.0. The molecule has 0 fully saturated rings. The number of halogens is 1. The summed E-state index contributed by atoms with van der Waals surface area (Å²) < 4.78 is 7.33. The normalized spacial score (nSPS) is 10.8. The Labute approximate surface area is 176 Å². The minimum absolute atomic E-state index is 0.0184. The van der Waals surface area contributed by atoms with Gasteiger partial charge < -0.3 is 19.5 Å². The second-order valence-corrected chi connectivity index (χ2v) is 7.32. The van der Waals surface area contributed by atoms with Gasteiger partial charge in [0.15, 0.2) is 0 Å². The lowest BCUT2D eigenvalue weighted by molar-refractivity contribution is 0.191. The molecule has 0 aliphatic carbocycles. The number of imidazole rings is 1. The third-order valence-electron chi connectivity index (χ3n) is 4.64. The van der Waals surface area contributed by atoms with Crippen molar-refractivity contribution in [1.29, 1.82) is 0 Å². The van der Waals surface area contributed by atoms with Crippen molar-refractivity contribution in [3.63, 3.8) is 0 Å². The number of urea groups is 1. The maximum Gasteiger partial charge on any atom is 0.322 e. The number of hydrogen-bond acceptors (Lipinski definition) is 3. The summed E-state index contributed by atoms with van der Waals surface area (Å²) in [5.74, 6) is 1.40. The Kier molecular flexibility index (Phi) is 6.77. The highest BCUT2D eigenvalue weighted by atomic mass is 35.5. The topological polar surface area (TPSA) is 59.4 Å². The molecule has 7 heteroatoms. The van der Waals surface area contributed by atoms with Gasteiger partial charge in [-0.2, -0.15) is 0 Å². The Morgan fingerprint density at radius 3 is 2.66 bits per heavy atom. The van der Waals surface area contributed by atoms with E-state index in [9.17, 15) is 4.79 Å². The van der Waals surface area contributed by atoms with Crippen LogP contribution in [0.5, 0.6) is 5.75 Å². The summed E-state index contributed by atoms with van der Waals surface area (Å²) in [5, 5.41) is 3.65. The number of nitrogens with one attached hydrogen (secondary N) is 1. The molecule has 0 aliphatic rings. The molecule has 1 N–H and O–H groups in total. The van der Waals surface area contributed by atoms with E-state index in [4.69, 9.17) is 16.3 Å². The molecule has 0 radical (unpaired) electrons. The number of ether oxygens (including phenoxy) is 1. The second-order valence-electron chi connectivity index (χ2n) is 6.91. The predicted molar refractivity (Wildman–Crippen MR) is 115 cm³/mol. The van der Waals surface area contributed by atoms with Crippen molar-refractivity contribution in [2.24, 2.45) is 0 Å². The van der Waals surface area contributed by atoms with Crippen molar-refractivity contribution in [3.8, 4) is 5.75 Å². The van der Waals surface area contributed by atoms with Crippen LogP contribution in [-0.2, 0) is 13.1 Å². The smallest absolute Gasteiger partial charge is 0.322 e. The standard InChI is InChI=1S/C22H25ClN4O2/c1-16(2)27(22(28)25-19-10-6-7-11-20(19)29-3)15-21-24-12-13-26(21)14-17-8-4-5-9-18(17)23/h4-13,16H,14-15H2,1-3H3,(H,25,28). The third kappa shape index (κ3) is 5.09. The summed E-state index contributed by atoms with van der Waals surface area (Å²) in [7, 11) is 1.58. The number of rotatable bonds is 7. The zero-order chi connectivity index (χ0) is 20.8. The van der Waals surface area contributed by atoms with Gasteiger partial charge in [0.1, 0.15) is 11.6 Å². The van der Waals surface area contributed by atoms with Crippen LogP contribution in [-0.4, -0.2) is 33.6 Å². The van der Waals surface area contributed by atoms with E-state index in [0.717, 1.165) is 11.4 Å². The van der Waals surface area contributed by atoms with Crippen LogP contribution in [0.3, 0.4) is 0 Å². The summed E-state index contributed by atoms with van der Waals surface area (Å²) in [6, 6.07) is 14.8. The van der Waals surface area contributed by atoms with E-state index in [-0.39, 0.29) is 12.1 Å². The molecule has 0 atom stereocenters. The molecule has 29 heavy (non-hydrogen) atoms. The number of anilines is 1. The fourth-order valence-corrected chi connectivity index (χ4v) is 3.22. The lowest BCUT2D eigenvalue weighted by Crippen LogP contribution is -2.40. The van der Waals surface area contributed by atoms with E-state index in [0.29, 0.717) is 29.5 Å². The van der Waals surface area contributed by atoms with E-state index >= 15 is 0 Å². The highest BCUT2D eigenvalue weighted by Crippen LogP contribution is 2.24. The monoisotopic (exact) mass is 412 g/mol. The summed E-state index contributed by atoms with van der Waals surface area (Å²) in [6.07, 6.45) is 3.64. The van der Waals surface area contributed by atoms with E-state index in [1.54, 1.807) is 18.2 Å². The molecule has 1 heterocycles. The third-order valence-corrected chi connectivity index (χ3v) is 5.01. The summed E-state index contributed by atoms with van der Waals surface area (Å²) >= 11 is 6.30. The van der Waals surface area contributed by atoms with Crippen LogP contribution in [0.1, 0.15) is 25.2 Å². The fraction of sp³-hybridized carbons (Fsp3) is 0.273. The van der Waals surface area contributed by atoms with Crippen molar-refractivity contribution >= 4 is 23.3 Å². The van der Waals surface area contributed by atoms with Gasteiger partial charge in [-0.25, -0.2) is 9.78 Å². The molecule has 6 nitrogen and oxygen atoms in total. The van der Waals surface area contributed by atoms with Gasteiger partial charge in [-0.3, -0.25) is 0 Å². The molecule has 0 aliphatic heterocycles. The van der Waals surface area contributed by atoms with Gasteiger partial charge in [-0.15, -0.1) is 0 Å². The number of carbonyl (C=O) groups excluding carboxylic acids is 1. The Balaban J connectivity index is 1.77. The molecule has 3 rings (SSSR count). The number of carbonyl (C=O) groups is 1.